The zero-order valence-corrected chi connectivity index (χ0v) is 25.6. The van der Waals surface area contributed by atoms with Crippen molar-refractivity contribution < 1.29 is 23.7 Å². The summed E-state index contributed by atoms with van der Waals surface area (Å²) in [5, 5.41) is 22.5. The summed E-state index contributed by atoms with van der Waals surface area (Å²) in [4.78, 5) is 18.2. The molecule has 4 aromatic rings. The molecule has 45 heavy (non-hydrogen) atoms. The van der Waals surface area contributed by atoms with Gasteiger partial charge >= 0.3 is 6.01 Å². The maximum Gasteiger partial charge on any atom is 0.319 e. The van der Waals surface area contributed by atoms with Gasteiger partial charge < -0.3 is 24.7 Å². The fourth-order valence-corrected chi connectivity index (χ4v) is 8.05. The van der Waals surface area contributed by atoms with Crippen molar-refractivity contribution in [3.8, 4) is 35.4 Å². The van der Waals surface area contributed by atoms with Gasteiger partial charge in [0.15, 0.2) is 5.82 Å². The van der Waals surface area contributed by atoms with Crippen molar-refractivity contribution in [2.45, 2.75) is 63.5 Å². The number of fused-ring (bicyclic) bond motifs is 3. The minimum atomic E-state index is -0.943. The lowest BCUT2D eigenvalue weighted by Crippen LogP contribution is -2.50. The first-order valence-electron chi connectivity index (χ1n) is 15.7. The predicted molar refractivity (Wildman–Crippen MR) is 169 cm³/mol. The number of β-amino-alcohol motifs (C(OH)–C–C–N with tert-alkyl or cyclic N) is 1. The Balaban J connectivity index is 1.38. The lowest BCUT2D eigenvalue weighted by atomic mass is 9.76. The van der Waals surface area contributed by atoms with E-state index in [0.29, 0.717) is 48.7 Å². The Morgan fingerprint density at radius 1 is 1.11 bits per heavy atom. The average molecular weight is 614 g/mol. The number of rotatable bonds is 5. The summed E-state index contributed by atoms with van der Waals surface area (Å²) in [5.74, 6) is 1.28. The van der Waals surface area contributed by atoms with E-state index in [1.807, 2.05) is 4.90 Å². The van der Waals surface area contributed by atoms with E-state index in [0.717, 1.165) is 45.1 Å². The molecule has 2 N–H and O–H groups in total. The number of aromatic nitrogens is 3. The minimum absolute atomic E-state index is 0.0124. The van der Waals surface area contributed by atoms with Gasteiger partial charge in [0.25, 0.3) is 0 Å². The van der Waals surface area contributed by atoms with Gasteiger partial charge in [0.1, 0.15) is 28.6 Å². The maximum atomic E-state index is 16.8. The van der Waals surface area contributed by atoms with Gasteiger partial charge in [-0.2, -0.15) is 9.97 Å². The average Bonchev–Trinajstić information content (AvgIpc) is 3.45. The highest BCUT2D eigenvalue weighted by molar-refractivity contribution is 6.03. The van der Waals surface area contributed by atoms with Crippen molar-refractivity contribution in [1.82, 2.24) is 19.9 Å². The normalized spacial score (nSPS) is 25.4. The number of piperidine rings is 2. The number of phenolic OH excluding ortho intramolecular Hbond substituents is 1. The molecule has 3 fully saturated rings. The van der Waals surface area contributed by atoms with Crippen molar-refractivity contribution in [3.05, 3.63) is 47.7 Å². The number of likely N-dealkylation sites (tertiary alicyclic amines) is 1. The van der Waals surface area contributed by atoms with E-state index in [1.165, 1.54) is 30.5 Å². The van der Waals surface area contributed by atoms with Crippen LogP contribution in [0.15, 0.2) is 30.5 Å². The molecule has 7 rings (SSSR count). The van der Waals surface area contributed by atoms with Gasteiger partial charge in [-0.25, -0.2) is 8.78 Å². The first-order chi connectivity index (χ1) is 21.6. The molecule has 1 saturated carbocycles. The van der Waals surface area contributed by atoms with E-state index < -0.39 is 17.2 Å². The fourth-order valence-electron chi connectivity index (χ4n) is 8.05. The summed E-state index contributed by atoms with van der Waals surface area (Å²) in [5.41, 5.74) is -0.996. The summed E-state index contributed by atoms with van der Waals surface area (Å²) in [6.07, 6.45) is 14.0. The number of ether oxygens (including phenoxy) is 1. The molecule has 0 spiro atoms. The summed E-state index contributed by atoms with van der Waals surface area (Å²) >= 11 is 0. The summed E-state index contributed by atoms with van der Waals surface area (Å²) in [6.45, 7) is 4.19. The summed E-state index contributed by atoms with van der Waals surface area (Å²) < 4.78 is 38.0. The third kappa shape index (κ3) is 5.12. The minimum Gasteiger partial charge on any atom is -0.508 e. The molecular formula is C35H37F2N5O3. The van der Waals surface area contributed by atoms with Crippen LogP contribution in [0.1, 0.15) is 57.4 Å². The quantitative estimate of drug-likeness (QED) is 0.273. The highest BCUT2D eigenvalue weighted by Crippen LogP contribution is 2.47. The second-order valence-corrected chi connectivity index (χ2v) is 13.3. The molecule has 2 aromatic carbocycles. The van der Waals surface area contributed by atoms with Gasteiger partial charge in [-0.1, -0.05) is 18.4 Å². The number of anilines is 1. The Morgan fingerprint density at radius 2 is 1.91 bits per heavy atom. The van der Waals surface area contributed by atoms with Crippen molar-refractivity contribution >= 4 is 27.5 Å². The topological polar surface area (TPSA) is 94.8 Å². The highest BCUT2D eigenvalue weighted by atomic mass is 19.1. The first kappa shape index (κ1) is 29.6. The molecule has 8 nitrogen and oxygen atoms in total. The molecule has 0 radical (unpaired) electrons. The molecule has 2 aliphatic heterocycles. The largest absolute Gasteiger partial charge is 0.508 e. The van der Waals surface area contributed by atoms with Crippen LogP contribution in [0.3, 0.4) is 0 Å². The van der Waals surface area contributed by atoms with Gasteiger partial charge in [0.05, 0.1) is 23.2 Å². The Kier molecular flexibility index (Phi) is 7.29. The van der Waals surface area contributed by atoms with Gasteiger partial charge in [-0.3, -0.25) is 4.98 Å². The molecule has 234 valence electrons. The van der Waals surface area contributed by atoms with Crippen LogP contribution in [0, 0.1) is 29.4 Å². The van der Waals surface area contributed by atoms with Crippen LogP contribution in [0.4, 0.5) is 14.6 Å². The van der Waals surface area contributed by atoms with Crippen LogP contribution < -0.4 is 9.64 Å². The third-order valence-electron chi connectivity index (χ3n) is 10.1. The number of benzene rings is 2. The van der Waals surface area contributed by atoms with E-state index in [-0.39, 0.29) is 44.9 Å². The van der Waals surface area contributed by atoms with Crippen molar-refractivity contribution in [2.75, 3.05) is 38.2 Å². The number of nitrogens with zero attached hydrogens (tertiary/aromatic N) is 5. The Hall–Kier alpha value is -4.07. The Morgan fingerprint density at radius 3 is 2.71 bits per heavy atom. The second kappa shape index (κ2) is 11.1. The highest BCUT2D eigenvalue weighted by Gasteiger charge is 2.47. The second-order valence-electron chi connectivity index (χ2n) is 13.3. The van der Waals surface area contributed by atoms with E-state index in [4.69, 9.17) is 16.1 Å². The van der Waals surface area contributed by atoms with Crippen LogP contribution in [0.25, 0.3) is 32.9 Å². The van der Waals surface area contributed by atoms with Crippen LogP contribution in [-0.4, -0.2) is 75.0 Å². The zero-order chi connectivity index (χ0) is 31.5. The van der Waals surface area contributed by atoms with E-state index in [1.54, 1.807) is 6.92 Å². The fraction of sp³-hybridized carbons (Fsp3) is 0.457. The van der Waals surface area contributed by atoms with Gasteiger partial charge in [-0.05, 0) is 82.6 Å². The molecule has 3 aliphatic rings. The molecule has 4 heterocycles. The third-order valence-corrected chi connectivity index (χ3v) is 10.1. The lowest BCUT2D eigenvalue weighted by Gasteiger charge is -2.44. The molecular weight excluding hydrogens is 576 g/mol. The number of hydrogen-bond acceptors (Lipinski definition) is 8. The smallest absolute Gasteiger partial charge is 0.319 e. The molecule has 0 unspecified atom stereocenters. The van der Waals surface area contributed by atoms with Gasteiger partial charge in [0.2, 0.25) is 0 Å². The van der Waals surface area contributed by atoms with Crippen LogP contribution >= 0.6 is 0 Å². The van der Waals surface area contributed by atoms with Gasteiger partial charge in [-0.15, -0.1) is 6.42 Å². The predicted octanol–water partition coefficient (Wildman–Crippen LogP) is 5.80. The number of aromatic hydroxyl groups is 1. The van der Waals surface area contributed by atoms with Crippen LogP contribution in [-0.2, 0) is 0 Å². The maximum absolute atomic E-state index is 16.8. The molecule has 0 amide bonds. The first-order valence-corrected chi connectivity index (χ1v) is 15.7. The Labute approximate surface area is 261 Å². The van der Waals surface area contributed by atoms with E-state index in [2.05, 4.69) is 27.8 Å². The SMILES string of the molecule is C#Cc1c(F)ccc2cc(O)cc(-c3ncc4c(N5CCC[C@@](C)(O)C5)nc(OC[C@]56CCC[C@H]5N(C)CCC6)nc4c3F)c12. The monoisotopic (exact) mass is 613 g/mol. The number of hydrogen-bond donors (Lipinski definition) is 2. The number of phenols is 1. The number of halogens is 2. The van der Waals surface area contributed by atoms with Crippen molar-refractivity contribution in [1.29, 1.82) is 0 Å². The van der Waals surface area contributed by atoms with Crippen molar-refractivity contribution in [2.24, 2.45) is 5.41 Å². The standard InChI is InChI=1S/C35H37F2N5O3/c1-4-23-26(36)10-9-21-16-22(43)17-24(28(21)23)30-29(37)31-25(18-38-30)32(42-15-6-11-34(2,44)19-42)40-33(39-31)45-20-35-12-5-8-27(35)41(3)14-7-13-35/h1,9-10,16-18,27,43-44H,5-8,11-15,19-20H2,2-3H3/t27-,34-,35-/m1/s1. The lowest BCUT2D eigenvalue weighted by molar-refractivity contribution is 0.0132. The van der Waals surface area contributed by atoms with E-state index in [9.17, 15) is 14.6 Å². The van der Waals surface area contributed by atoms with Crippen LogP contribution in [0.5, 0.6) is 11.8 Å². The van der Waals surface area contributed by atoms with Crippen LogP contribution in [0.2, 0.25) is 0 Å². The number of terminal acetylenes is 1. The Bertz CT molecular complexity index is 1860. The van der Waals surface area contributed by atoms with Gasteiger partial charge in [0, 0.05) is 41.7 Å². The van der Waals surface area contributed by atoms with E-state index >= 15 is 4.39 Å². The molecule has 10 heteroatoms. The zero-order valence-electron chi connectivity index (χ0n) is 25.6. The van der Waals surface area contributed by atoms with Crippen molar-refractivity contribution in [3.63, 3.8) is 0 Å². The molecule has 0 bridgehead atoms. The molecule has 2 aromatic heterocycles. The summed E-state index contributed by atoms with van der Waals surface area (Å²) in [7, 11) is 2.17. The molecule has 3 atom stereocenters. The molecule has 1 aliphatic carbocycles. The number of pyridine rings is 1. The number of aliphatic hydroxyl groups is 1. The molecule has 2 saturated heterocycles. The summed E-state index contributed by atoms with van der Waals surface area (Å²) in [6, 6.07) is 5.97.